The highest BCUT2D eigenvalue weighted by Crippen LogP contribution is 2.24. The lowest BCUT2D eigenvalue weighted by Crippen LogP contribution is -2.20. The predicted molar refractivity (Wildman–Crippen MR) is 112 cm³/mol. The van der Waals surface area contributed by atoms with Crippen LogP contribution in [0.25, 0.3) is 10.7 Å². The second-order valence-corrected chi connectivity index (χ2v) is 7.83. The van der Waals surface area contributed by atoms with Crippen LogP contribution in [0, 0.1) is 17.5 Å². The maximum Gasteiger partial charge on any atom is 0.213 e. The lowest BCUT2D eigenvalue weighted by atomic mass is 10.0. The van der Waals surface area contributed by atoms with E-state index in [1.54, 1.807) is 18.2 Å². The first kappa shape index (κ1) is 22.6. The maximum atomic E-state index is 13.9. The van der Waals surface area contributed by atoms with Crippen LogP contribution in [0.15, 0.2) is 42.6 Å². The fraction of sp³-hybridized carbons (Fsp3) is 0.143. The molecule has 33 heavy (non-hydrogen) atoms. The Bertz CT molecular complexity index is 1290. The van der Waals surface area contributed by atoms with Crippen LogP contribution in [-0.4, -0.2) is 38.2 Å². The van der Waals surface area contributed by atoms with Gasteiger partial charge in [-0.05, 0) is 12.1 Å². The van der Waals surface area contributed by atoms with Gasteiger partial charge in [0.15, 0.2) is 10.8 Å². The van der Waals surface area contributed by atoms with Gasteiger partial charge in [-0.15, -0.1) is 10.2 Å². The summed E-state index contributed by atoms with van der Waals surface area (Å²) < 4.78 is 46.0. The minimum atomic E-state index is -1.31. The average Bonchev–Trinajstić information content (AvgIpc) is 3.47. The Morgan fingerprint density at radius 2 is 1.97 bits per heavy atom. The van der Waals surface area contributed by atoms with Crippen molar-refractivity contribution in [3.05, 3.63) is 81.9 Å². The zero-order chi connectivity index (χ0) is 23.5. The fourth-order valence-corrected chi connectivity index (χ4v) is 3.73. The van der Waals surface area contributed by atoms with Crippen LogP contribution < -0.4 is 10.1 Å². The molecule has 4 rings (SSSR count). The van der Waals surface area contributed by atoms with Crippen molar-refractivity contribution in [3.63, 3.8) is 0 Å². The van der Waals surface area contributed by atoms with Crippen LogP contribution in [0.3, 0.4) is 0 Å². The Morgan fingerprint density at radius 3 is 2.70 bits per heavy atom. The summed E-state index contributed by atoms with van der Waals surface area (Å²) in [6, 6.07) is 7.35. The molecule has 170 valence electrons. The minimum absolute atomic E-state index is 0.0995. The van der Waals surface area contributed by atoms with Crippen LogP contribution in [0.5, 0.6) is 5.88 Å². The normalized spacial score (nSPS) is 12.0. The van der Waals surface area contributed by atoms with E-state index in [0.717, 1.165) is 0 Å². The van der Waals surface area contributed by atoms with Crippen molar-refractivity contribution >= 4 is 17.1 Å². The number of nitrogens with zero attached hydrogens (tertiary/aromatic N) is 3. The molecule has 0 fully saturated rings. The second kappa shape index (κ2) is 9.48. The van der Waals surface area contributed by atoms with E-state index in [2.05, 4.69) is 25.5 Å². The van der Waals surface area contributed by atoms with Gasteiger partial charge in [0.2, 0.25) is 5.88 Å². The second-order valence-electron chi connectivity index (χ2n) is 6.77. The number of hydrogen-bond acceptors (Lipinski definition) is 8. The largest absolute Gasteiger partial charge is 0.481 e. The van der Waals surface area contributed by atoms with Crippen LogP contribution in [0.1, 0.15) is 32.9 Å². The van der Waals surface area contributed by atoms with Gasteiger partial charge in [0.25, 0.3) is 0 Å². The number of halogens is 3. The standard InChI is InChI=1S/C21H16F3N5O3S/c1-32-16-4-2-3-14(27-16)21-29-28-17(33-21)9-26-20(31)15-5-10(8-25-15)19(30)18-12(23)6-11(22)7-13(18)24/h2-8,20,25-26,31H,9H2,1H3. The Balaban J connectivity index is 1.42. The highest BCUT2D eigenvalue weighted by atomic mass is 32.1. The summed E-state index contributed by atoms with van der Waals surface area (Å²) >= 11 is 1.26. The molecule has 3 N–H and O–H groups in total. The zero-order valence-corrected chi connectivity index (χ0v) is 17.8. The number of benzene rings is 1. The van der Waals surface area contributed by atoms with Crippen LogP contribution in [-0.2, 0) is 6.54 Å². The Labute approximate surface area is 189 Å². The molecule has 0 aliphatic carbocycles. The molecule has 1 unspecified atom stereocenters. The van der Waals surface area contributed by atoms with E-state index in [4.69, 9.17) is 4.74 Å². The van der Waals surface area contributed by atoms with Gasteiger partial charge in [0.1, 0.15) is 34.4 Å². The molecule has 0 spiro atoms. The van der Waals surface area contributed by atoms with E-state index in [0.29, 0.717) is 33.7 Å². The quantitative estimate of drug-likeness (QED) is 0.265. The summed E-state index contributed by atoms with van der Waals surface area (Å²) in [5.41, 5.74) is -0.207. The highest BCUT2D eigenvalue weighted by Gasteiger charge is 2.22. The van der Waals surface area contributed by atoms with Crippen molar-refractivity contribution in [3.8, 4) is 16.6 Å². The number of ether oxygens (including phenoxy) is 1. The first-order valence-electron chi connectivity index (χ1n) is 9.48. The first-order chi connectivity index (χ1) is 15.9. The van der Waals surface area contributed by atoms with E-state index in [-0.39, 0.29) is 17.8 Å². The number of aliphatic hydroxyl groups excluding tert-OH is 1. The molecule has 3 aromatic heterocycles. The Kier molecular flexibility index (Phi) is 6.49. The van der Waals surface area contributed by atoms with Gasteiger partial charge in [-0.1, -0.05) is 17.4 Å². The molecule has 0 aliphatic rings. The number of aromatic amines is 1. The van der Waals surface area contributed by atoms with Gasteiger partial charge in [0, 0.05) is 30.0 Å². The highest BCUT2D eigenvalue weighted by molar-refractivity contribution is 7.14. The Hall–Kier alpha value is -3.61. The smallest absolute Gasteiger partial charge is 0.213 e. The summed E-state index contributed by atoms with van der Waals surface area (Å²) in [5, 5.41) is 22.4. The van der Waals surface area contributed by atoms with Gasteiger partial charge in [-0.2, -0.15) is 0 Å². The number of methoxy groups -OCH3 is 1. The summed E-state index contributed by atoms with van der Waals surface area (Å²) in [6.07, 6.45) is -0.0424. The molecule has 1 aromatic carbocycles. The molecule has 0 saturated carbocycles. The summed E-state index contributed by atoms with van der Waals surface area (Å²) in [6.45, 7) is 0.145. The van der Waals surface area contributed by atoms with E-state index < -0.39 is 35.0 Å². The lowest BCUT2D eigenvalue weighted by Gasteiger charge is -2.09. The third-order valence-corrected chi connectivity index (χ3v) is 5.51. The number of aromatic nitrogens is 4. The van der Waals surface area contributed by atoms with E-state index in [9.17, 15) is 23.1 Å². The number of pyridine rings is 1. The van der Waals surface area contributed by atoms with Gasteiger partial charge in [-0.25, -0.2) is 18.2 Å². The minimum Gasteiger partial charge on any atom is -0.481 e. The molecule has 0 saturated heterocycles. The molecule has 1 atom stereocenters. The molecular weight excluding hydrogens is 459 g/mol. The number of hydrogen-bond donors (Lipinski definition) is 3. The van der Waals surface area contributed by atoms with Gasteiger partial charge < -0.3 is 14.8 Å². The van der Waals surface area contributed by atoms with Crippen LogP contribution in [0.2, 0.25) is 0 Å². The number of rotatable bonds is 8. The van der Waals surface area contributed by atoms with Crippen LogP contribution >= 0.6 is 11.3 Å². The number of ketones is 1. The third kappa shape index (κ3) is 4.92. The van der Waals surface area contributed by atoms with Crippen molar-refractivity contribution in [2.45, 2.75) is 12.8 Å². The van der Waals surface area contributed by atoms with Crippen molar-refractivity contribution in [2.24, 2.45) is 0 Å². The predicted octanol–water partition coefficient (Wildman–Crippen LogP) is 3.37. The van der Waals surface area contributed by atoms with Crippen molar-refractivity contribution in [1.82, 2.24) is 25.5 Å². The number of carbonyl (C=O) groups excluding carboxylic acids is 1. The van der Waals surface area contributed by atoms with Crippen LogP contribution in [0.4, 0.5) is 13.2 Å². The monoisotopic (exact) mass is 475 g/mol. The maximum absolute atomic E-state index is 13.9. The van der Waals surface area contributed by atoms with Crippen molar-refractivity contribution in [1.29, 1.82) is 0 Å². The summed E-state index contributed by atoms with van der Waals surface area (Å²) in [7, 11) is 1.51. The third-order valence-electron chi connectivity index (χ3n) is 4.56. The molecule has 0 aliphatic heterocycles. The molecule has 0 amide bonds. The number of nitrogens with one attached hydrogen (secondary N) is 2. The van der Waals surface area contributed by atoms with Gasteiger partial charge in [-0.3, -0.25) is 10.1 Å². The van der Waals surface area contributed by atoms with Gasteiger partial charge >= 0.3 is 0 Å². The molecule has 3 heterocycles. The molecule has 4 aromatic rings. The number of H-pyrrole nitrogens is 1. The van der Waals surface area contributed by atoms with E-state index in [1.807, 2.05) is 0 Å². The number of aliphatic hydroxyl groups is 1. The lowest BCUT2D eigenvalue weighted by molar-refractivity contribution is 0.103. The van der Waals surface area contributed by atoms with Crippen molar-refractivity contribution < 1.29 is 27.8 Å². The van der Waals surface area contributed by atoms with E-state index in [1.165, 1.54) is 30.7 Å². The molecule has 0 radical (unpaired) electrons. The Morgan fingerprint density at radius 1 is 1.21 bits per heavy atom. The SMILES string of the molecule is COc1cccc(-c2nnc(CNC(O)c3cc(C(=O)c4c(F)cc(F)cc4F)c[nH]3)s2)n1. The molecule has 8 nitrogen and oxygen atoms in total. The summed E-state index contributed by atoms with van der Waals surface area (Å²) in [5.74, 6) is -4.29. The van der Waals surface area contributed by atoms with E-state index >= 15 is 0 Å². The zero-order valence-electron chi connectivity index (χ0n) is 17.0. The summed E-state index contributed by atoms with van der Waals surface area (Å²) in [4.78, 5) is 19.4. The molecule has 12 heteroatoms. The topological polar surface area (TPSA) is 113 Å². The number of carbonyl (C=O) groups is 1. The molecular formula is C21H16F3N5O3S. The van der Waals surface area contributed by atoms with Gasteiger partial charge in [0.05, 0.1) is 24.9 Å². The average molecular weight is 475 g/mol. The molecule has 0 bridgehead atoms. The van der Waals surface area contributed by atoms with Crippen molar-refractivity contribution in [2.75, 3.05) is 7.11 Å². The first-order valence-corrected chi connectivity index (χ1v) is 10.3. The fourth-order valence-electron chi connectivity index (χ4n) is 2.97.